The van der Waals surface area contributed by atoms with Gasteiger partial charge in [-0.2, -0.15) is 0 Å². The van der Waals surface area contributed by atoms with Gasteiger partial charge in [-0.1, -0.05) is 78.0 Å². The van der Waals surface area contributed by atoms with Gasteiger partial charge in [0.1, 0.15) is 10.9 Å². The number of hydrogen-bond acceptors (Lipinski definition) is 6. The summed E-state index contributed by atoms with van der Waals surface area (Å²) >= 11 is 13.8. The summed E-state index contributed by atoms with van der Waals surface area (Å²) in [5.74, 6) is -0.631. The quantitative estimate of drug-likeness (QED) is 0.382. The third-order valence-corrected chi connectivity index (χ3v) is 6.91. The van der Waals surface area contributed by atoms with Gasteiger partial charge >= 0.3 is 0 Å². The molecule has 4 rings (SSSR count). The molecule has 0 aliphatic carbocycles. The molecule has 156 valence electrons. The predicted molar refractivity (Wildman–Crippen MR) is 131 cm³/mol. The number of nitrogens with one attached hydrogen (secondary N) is 1. The smallest absolute Gasteiger partial charge is 0.266 e. The lowest BCUT2D eigenvalue weighted by Crippen LogP contribution is -2.36. The molecule has 1 aliphatic rings. The van der Waals surface area contributed by atoms with Crippen molar-refractivity contribution in [1.82, 2.24) is 9.88 Å². The highest BCUT2D eigenvalue weighted by molar-refractivity contribution is 8.26. The number of hydrogen-bond donors (Lipinski definition) is 1. The van der Waals surface area contributed by atoms with Crippen LogP contribution in [0.5, 0.6) is 0 Å². The van der Waals surface area contributed by atoms with Gasteiger partial charge in [-0.15, -0.1) is 11.3 Å². The third-order valence-electron chi connectivity index (χ3n) is 4.36. The van der Waals surface area contributed by atoms with Crippen LogP contribution in [0.25, 0.3) is 6.08 Å². The number of halogens is 1. The van der Waals surface area contributed by atoms with Crippen molar-refractivity contribution in [3.63, 3.8) is 0 Å². The molecule has 1 saturated heterocycles. The second kappa shape index (κ2) is 9.74. The lowest BCUT2D eigenvalue weighted by Gasteiger charge is -2.13. The first-order valence-electron chi connectivity index (χ1n) is 9.27. The molecule has 0 radical (unpaired) electrons. The van der Waals surface area contributed by atoms with Gasteiger partial charge in [-0.05, 0) is 29.3 Å². The van der Waals surface area contributed by atoms with Crippen LogP contribution in [0.2, 0.25) is 5.02 Å². The molecule has 1 N–H and O–H groups in total. The Bertz CT molecular complexity index is 1160. The highest BCUT2D eigenvalue weighted by atomic mass is 35.5. The van der Waals surface area contributed by atoms with Crippen LogP contribution in [-0.4, -0.2) is 32.6 Å². The number of amides is 2. The molecule has 9 heteroatoms. The molecule has 5 nitrogen and oxygen atoms in total. The summed E-state index contributed by atoms with van der Waals surface area (Å²) in [6.07, 6.45) is 4.24. The van der Waals surface area contributed by atoms with Crippen LogP contribution < -0.4 is 5.32 Å². The van der Waals surface area contributed by atoms with E-state index in [-0.39, 0.29) is 18.4 Å². The van der Waals surface area contributed by atoms with Gasteiger partial charge in [0.15, 0.2) is 5.13 Å². The number of anilines is 1. The Kier molecular flexibility index (Phi) is 6.82. The molecule has 0 bridgehead atoms. The van der Waals surface area contributed by atoms with E-state index in [2.05, 4.69) is 10.3 Å². The summed E-state index contributed by atoms with van der Waals surface area (Å²) in [5, 5.41) is 3.88. The van der Waals surface area contributed by atoms with Crippen molar-refractivity contribution in [2.45, 2.75) is 6.42 Å². The molecule has 1 fully saturated rings. The van der Waals surface area contributed by atoms with E-state index in [1.54, 1.807) is 24.4 Å². The Morgan fingerprint density at radius 3 is 2.65 bits per heavy atom. The maximum atomic E-state index is 12.7. The molecule has 0 unspecified atom stereocenters. The topological polar surface area (TPSA) is 62.3 Å². The molecule has 0 spiro atoms. The molecule has 1 aromatic heterocycles. The Balaban J connectivity index is 1.37. The molecular weight excluding hydrogens is 470 g/mol. The Morgan fingerprint density at radius 1 is 1.16 bits per heavy atom. The maximum Gasteiger partial charge on any atom is 0.266 e. The molecule has 2 heterocycles. The van der Waals surface area contributed by atoms with E-state index in [1.165, 1.54) is 33.6 Å². The summed E-state index contributed by atoms with van der Waals surface area (Å²) in [6, 6.07) is 17.2. The summed E-state index contributed by atoms with van der Waals surface area (Å²) in [4.78, 5) is 32.3. The number of carbonyl (C=O) groups excluding carboxylic acids is 2. The fourth-order valence-electron chi connectivity index (χ4n) is 2.89. The van der Waals surface area contributed by atoms with Gasteiger partial charge in [-0.3, -0.25) is 14.5 Å². The lowest BCUT2D eigenvalue weighted by atomic mass is 10.1. The molecule has 1 aliphatic heterocycles. The third kappa shape index (κ3) is 5.59. The number of thiazole rings is 1. The van der Waals surface area contributed by atoms with Crippen molar-refractivity contribution >= 4 is 74.3 Å². The fraction of sp³-hybridized carbons (Fsp3) is 0.0909. The van der Waals surface area contributed by atoms with Crippen LogP contribution in [0.3, 0.4) is 0 Å². The summed E-state index contributed by atoms with van der Waals surface area (Å²) < 4.78 is 0.351. The minimum Gasteiger partial charge on any atom is -0.300 e. The van der Waals surface area contributed by atoms with Crippen molar-refractivity contribution in [3.8, 4) is 0 Å². The van der Waals surface area contributed by atoms with Gasteiger partial charge in [0.2, 0.25) is 5.91 Å². The van der Waals surface area contributed by atoms with Crippen molar-refractivity contribution in [2.24, 2.45) is 0 Å². The molecule has 2 aromatic carbocycles. The average Bonchev–Trinajstić information content (AvgIpc) is 3.29. The molecule has 2 amide bonds. The highest BCUT2D eigenvalue weighted by Gasteiger charge is 2.33. The number of nitrogens with zero attached hydrogens (tertiary/aromatic N) is 2. The van der Waals surface area contributed by atoms with Crippen LogP contribution in [0.15, 0.2) is 65.7 Å². The van der Waals surface area contributed by atoms with Crippen molar-refractivity contribution in [1.29, 1.82) is 0 Å². The van der Waals surface area contributed by atoms with E-state index in [0.717, 1.165) is 16.9 Å². The number of aromatic nitrogens is 1. The van der Waals surface area contributed by atoms with E-state index in [4.69, 9.17) is 23.8 Å². The van der Waals surface area contributed by atoms with E-state index in [9.17, 15) is 9.59 Å². The average molecular weight is 486 g/mol. The largest absolute Gasteiger partial charge is 0.300 e. The molecule has 3 aromatic rings. The Morgan fingerprint density at radius 2 is 1.90 bits per heavy atom. The van der Waals surface area contributed by atoms with Gasteiger partial charge < -0.3 is 5.32 Å². The minimum atomic E-state index is -0.343. The maximum absolute atomic E-state index is 12.7. The zero-order valence-electron chi connectivity index (χ0n) is 16.1. The lowest BCUT2D eigenvalue weighted by molar-refractivity contribution is -0.126. The Hall–Kier alpha value is -2.52. The SMILES string of the molecule is O=C(CN1C(=O)/C(=C\c2ccc(Cl)cc2)SC1=S)Nc1ncc(Cc2ccccc2)s1. The first-order chi connectivity index (χ1) is 15.0. The normalized spacial score (nSPS) is 15.0. The van der Waals surface area contributed by atoms with Crippen LogP contribution >= 0.6 is 46.9 Å². The number of benzene rings is 2. The second-order valence-electron chi connectivity index (χ2n) is 6.66. The van der Waals surface area contributed by atoms with Crippen molar-refractivity contribution in [2.75, 3.05) is 11.9 Å². The van der Waals surface area contributed by atoms with E-state index < -0.39 is 0 Å². The van der Waals surface area contributed by atoms with Crippen LogP contribution in [0.1, 0.15) is 16.0 Å². The molecule has 31 heavy (non-hydrogen) atoms. The minimum absolute atomic E-state index is 0.157. The first-order valence-corrected chi connectivity index (χ1v) is 11.7. The van der Waals surface area contributed by atoms with E-state index >= 15 is 0 Å². The van der Waals surface area contributed by atoms with Crippen LogP contribution in [0, 0.1) is 0 Å². The van der Waals surface area contributed by atoms with Gasteiger partial charge in [0, 0.05) is 22.5 Å². The second-order valence-corrected chi connectivity index (χ2v) is 9.89. The molecule has 0 saturated carbocycles. The summed E-state index contributed by atoms with van der Waals surface area (Å²) in [7, 11) is 0. The summed E-state index contributed by atoms with van der Waals surface area (Å²) in [6.45, 7) is -0.157. The molecular formula is C22H16ClN3O2S3. The van der Waals surface area contributed by atoms with Gasteiger partial charge in [0.25, 0.3) is 5.91 Å². The van der Waals surface area contributed by atoms with E-state index in [1.807, 2.05) is 42.5 Å². The zero-order chi connectivity index (χ0) is 21.8. The Labute approximate surface area is 198 Å². The monoisotopic (exact) mass is 485 g/mol. The predicted octanol–water partition coefficient (Wildman–Crippen LogP) is 5.23. The highest BCUT2D eigenvalue weighted by Crippen LogP contribution is 2.32. The number of carbonyl (C=O) groups is 2. The standard InChI is InChI=1S/C22H16ClN3O2S3/c23-16-8-6-15(7-9-16)11-18-20(28)26(22(29)31-18)13-19(27)25-21-24-12-17(30-21)10-14-4-2-1-3-5-14/h1-9,11-12H,10,13H2,(H,24,25,27)/b18-11+. The number of thiocarbonyl (C=S) groups is 1. The van der Waals surface area contributed by atoms with Crippen molar-refractivity contribution in [3.05, 3.63) is 86.7 Å². The van der Waals surface area contributed by atoms with Crippen molar-refractivity contribution < 1.29 is 9.59 Å². The first kappa shape index (κ1) is 21.7. The molecule has 0 atom stereocenters. The van der Waals surface area contributed by atoms with Crippen LogP contribution in [-0.2, 0) is 16.0 Å². The summed E-state index contributed by atoms with van der Waals surface area (Å²) in [5.41, 5.74) is 2.01. The van der Waals surface area contributed by atoms with E-state index in [0.29, 0.717) is 19.4 Å². The fourth-order valence-corrected chi connectivity index (χ4v) is 5.14. The number of rotatable bonds is 6. The zero-order valence-corrected chi connectivity index (χ0v) is 19.3. The van der Waals surface area contributed by atoms with Gasteiger partial charge in [-0.25, -0.2) is 4.98 Å². The number of thioether (sulfide) groups is 1. The van der Waals surface area contributed by atoms with Crippen LogP contribution in [0.4, 0.5) is 5.13 Å². The van der Waals surface area contributed by atoms with Gasteiger partial charge in [0.05, 0.1) is 4.91 Å².